The molecular formula is C8H17N3O3. The average Bonchev–Trinajstić information content (AvgIpc) is 2.10. The summed E-state index contributed by atoms with van der Waals surface area (Å²) in [6, 6.07) is -0.542. The van der Waals surface area contributed by atoms with Gasteiger partial charge >= 0.3 is 6.09 Å². The van der Waals surface area contributed by atoms with Crippen LogP contribution in [0.2, 0.25) is 0 Å². The van der Waals surface area contributed by atoms with Crippen LogP contribution in [0.1, 0.15) is 13.8 Å². The van der Waals surface area contributed by atoms with Gasteiger partial charge in [0.1, 0.15) is 0 Å². The fourth-order valence-corrected chi connectivity index (χ4v) is 0.776. The number of hydrogen-bond donors (Lipinski definition) is 4. The van der Waals surface area contributed by atoms with Gasteiger partial charge in [0.2, 0.25) is 5.91 Å². The van der Waals surface area contributed by atoms with E-state index in [1.807, 2.05) is 13.8 Å². The van der Waals surface area contributed by atoms with Crippen molar-refractivity contribution in [1.29, 1.82) is 0 Å². The maximum Gasteiger partial charge on any atom is 0.404 e. The monoisotopic (exact) mass is 203 g/mol. The Bertz CT molecular complexity index is 206. The number of carbonyl (C=O) groups excluding carboxylic acids is 1. The molecule has 0 spiro atoms. The van der Waals surface area contributed by atoms with Crippen LogP contribution in [0.5, 0.6) is 0 Å². The second-order valence-electron chi connectivity index (χ2n) is 3.29. The van der Waals surface area contributed by atoms with E-state index in [0.29, 0.717) is 0 Å². The van der Waals surface area contributed by atoms with E-state index in [9.17, 15) is 9.59 Å². The molecule has 2 amide bonds. The van der Waals surface area contributed by atoms with E-state index >= 15 is 0 Å². The van der Waals surface area contributed by atoms with Gasteiger partial charge in [-0.2, -0.15) is 0 Å². The Balaban J connectivity index is 3.59. The Labute approximate surface area is 82.9 Å². The molecule has 0 aliphatic rings. The van der Waals surface area contributed by atoms with Crippen LogP contribution in [-0.2, 0) is 4.79 Å². The zero-order valence-electron chi connectivity index (χ0n) is 8.41. The van der Waals surface area contributed by atoms with Crippen LogP contribution in [-0.4, -0.2) is 36.2 Å². The van der Waals surface area contributed by atoms with Crippen molar-refractivity contribution in [1.82, 2.24) is 10.6 Å². The number of rotatable bonds is 5. The minimum absolute atomic E-state index is 0.0717. The molecule has 6 heteroatoms. The van der Waals surface area contributed by atoms with Gasteiger partial charge < -0.3 is 21.5 Å². The molecule has 0 aromatic rings. The van der Waals surface area contributed by atoms with Gasteiger partial charge in [-0.05, 0) is 5.92 Å². The van der Waals surface area contributed by atoms with Gasteiger partial charge in [-0.15, -0.1) is 0 Å². The zero-order valence-corrected chi connectivity index (χ0v) is 8.41. The highest BCUT2D eigenvalue weighted by atomic mass is 16.4. The molecule has 0 heterocycles. The lowest BCUT2D eigenvalue weighted by molar-refractivity contribution is -0.123. The molecular weight excluding hydrogens is 186 g/mol. The van der Waals surface area contributed by atoms with E-state index < -0.39 is 12.1 Å². The molecule has 0 fully saturated rings. The molecule has 1 atom stereocenters. The van der Waals surface area contributed by atoms with Crippen LogP contribution in [0.15, 0.2) is 0 Å². The molecule has 0 rings (SSSR count). The topological polar surface area (TPSA) is 104 Å². The fraction of sp³-hybridized carbons (Fsp3) is 0.750. The first kappa shape index (κ1) is 12.7. The van der Waals surface area contributed by atoms with E-state index in [1.165, 1.54) is 0 Å². The Hall–Kier alpha value is -1.30. The molecule has 0 aliphatic carbocycles. The first-order chi connectivity index (χ1) is 6.45. The Morgan fingerprint density at radius 2 is 1.79 bits per heavy atom. The van der Waals surface area contributed by atoms with E-state index in [0.717, 1.165) is 0 Å². The van der Waals surface area contributed by atoms with Crippen LogP contribution >= 0.6 is 0 Å². The number of carbonyl (C=O) groups is 2. The predicted molar refractivity (Wildman–Crippen MR) is 51.9 cm³/mol. The molecule has 0 aliphatic heterocycles. The second-order valence-corrected chi connectivity index (χ2v) is 3.29. The molecule has 6 nitrogen and oxygen atoms in total. The highest BCUT2D eigenvalue weighted by Crippen LogP contribution is 1.96. The number of amides is 2. The third-order valence-corrected chi connectivity index (χ3v) is 1.72. The lowest BCUT2D eigenvalue weighted by Gasteiger charge is -2.14. The minimum atomic E-state index is -1.10. The third-order valence-electron chi connectivity index (χ3n) is 1.72. The predicted octanol–water partition coefficient (Wildman–Crippen LogP) is -0.646. The van der Waals surface area contributed by atoms with E-state index in [-0.39, 0.29) is 24.9 Å². The van der Waals surface area contributed by atoms with Crippen molar-refractivity contribution in [3.05, 3.63) is 0 Å². The normalized spacial score (nSPS) is 12.3. The first-order valence-corrected chi connectivity index (χ1v) is 4.45. The van der Waals surface area contributed by atoms with Crippen molar-refractivity contribution in [2.24, 2.45) is 11.7 Å². The highest BCUT2D eigenvalue weighted by molar-refractivity contribution is 5.81. The van der Waals surface area contributed by atoms with Crippen molar-refractivity contribution in [2.45, 2.75) is 19.9 Å². The molecule has 0 saturated heterocycles. The molecule has 14 heavy (non-hydrogen) atoms. The fourth-order valence-electron chi connectivity index (χ4n) is 0.776. The lowest BCUT2D eigenvalue weighted by Crippen LogP contribution is -2.46. The zero-order chi connectivity index (χ0) is 11.1. The number of nitrogens with two attached hydrogens (primary N) is 1. The van der Waals surface area contributed by atoms with Gasteiger partial charge in [0.15, 0.2) is 0 Å². The van der Waals surface area contributed by atoms with Crippen molar-refractivity contribution in [3.63, 3.8) is 0 Å². The van der Waals surface area contributed by atoms with Crippen LogP contribution in [0.3, 0.4) is 0 Å². The SMILES string of the molecule is CC(C)C(N)C(=O)NCCNC(=O)O. The number of carboxylic acid groups (broad SMARTS) is 1. The molecule has 0 bridgehead atoms. The van der Waals surface area contributed by atoms with Crippen LogP contribution < -0.4 is 16.4 Å². The molecule has 0 saturated carbocycles. The lowest BCUT2D eigenvalue weighted by atomic mass is 10.1. The average molecular weight is 203 g/mol. The first-order valence-electron chi connectivity index (χ1n) is 4.45. The summed E-state index contributed by atoms with van der Waals surface area (Å²) in [5.41, 5.74) is 5.55. The number of nitrogens with one attached hydrogen (secondary N) is 2. The van der Waals surface area contributed by atoms with Crippen LogP contribution in [0, 0.1) is 5.92 Å². The smallest absolute Gasteiger partial charge is 0.404 e. The van der Waals surface area contributed by atoms with Gasteiger partial charge in [-0.1, -0.05) is 13.8 Å². The van der Waals surface area contributed by atoms with Gasteiger partial charge in [0.25, 0.3) is 0 Å². The molecule has 0 radical (unpaired) electrons. The molecule has 5 N–H and O–H groups in total. The molecule has 0 aromatic carbocycles. The summed E-state index contributed by atoms with van der Waals surface area (Å²) in [5.74, 6) is -0.186. The van der Waals surface area contributed by atoms with Crippen LogP contribution in [0.4, 0.5) is 4.79 Å². The molecule has 1 unspecified atom stereocenters. The summed E-state index contributed by atoms with van der Waals surface area (Å²) in [5, 5.41) is 12.9. The van der Waals surface area contributed by atoms with E-state index in [1.54, 1.807) is 0 Å². The summed E-state index contributed by atoms with van der Waals surface area (Å²) >= 11 is 0. The van der Waals surface area contributed by atoms with E-state index in [4.69, 9.17) is 10.8 Å². The Kier molecular flexibility index (Phi) is 5.62. The second kappa shape index (κ2) is 6.20. The van der Waals surface area contributed by atoms with Crippen molar-refractivity contribution in [2.75, 3.05) is 13.1 Å². The standard InChI is InChI=1S/C8H17N3O3/c1-5(2)6(9)7(12)10-3-4-11-8(13)14/h5-6,11H,3-4,9H2,1-2H3,(H,10,12)(H,13,14). The quantitative estimate of drug-likeness (QED) is 0.446. The number of hydrogen-bond acceptors (Lipinski definition) is 3. The van der Waals surface area contributed by atoms with Crippen molar-refractivity contribution >= 4 is 12.0 Å². The maximum atomic E-state index is 11.2. The third kappa shape index (κ3) is 5.36. The van der Waals surface area contributed by atoms with Gasteiger partial charge in [0.05, 0.1) is 6.04 Å². The summed E-state index contributed by atoms with van der Waals surface area (Å²) < 4.78 is 0. The maximum absolute atomic E-state index is 11.2. The highest BCUT2D eigenvalue weighted by Gasteiger charge is 2.15. The van der Waals surface area contributed by atoms with E-state index in [2.05, 4.69) is 10.6 Å². The van der Waals surface area contributed by atoms with Crippen molar-refractivity contribution < 1.29 is 14.7 Å². The summed E-state index contributed by atoms with van der Waals surface area (Å²) in [6.07, 6.45) is -1.10. The molecule has 0 aromatic heterocycles. The van der Waals surface area contributed by atoms with Gasteiger partial charge in [-0.25, -0.2) is 4.79 Å². The van der Waals surface area contributed by atoms with Crippen molar-refractivity contribution in [3.8, 4) is 0 Å². The Morgan fingerprint density at radius 1 is 1.29 bits per heavy atom. The Morgan fingerprint density at radius 3 is 2.21 bits per heavy atom. The summed E-state index contributed by atoms with van der Waals surface area (Å²) in [4.78, 5) is 21.3. The molecule has 82 valence electrons. The van der Waals surface area contributed by atoms with Crippen LogP contribution in [0.25, 0.3) is 0 Å². The largest absolute Gasteiger partial charge is 0.465 e. The van der Waals surface area contributed by atoms with Gasteiger partial charge in [0, 0.05) is 13.1 Å². The van der Waals surface area contributed by atoms with Gasteiger partial charge in [-0.3, -0.25) is 4.79 Å². The summed E-state index contributed by atoms with van der Waals surface area (Å²) in [6.45, 7) is 4.14. The summed E-state index contributed by atoms with van der Waals surface area (Å²) in [7, 11) is 0. The minimum Gasteiger partial charge on any atom is -0.465 e.